The van der Waals surface area contributed by atoms with Crippen molar-refractivity contribution in [3.05, 3.63) is 0 Å². The molecule has 0 amide bonds. The van der Waals surface area contributed by atoms with Gasteiger partial charge in [0.05, 0.1) is 0 Å². The molecule has 1 saturated carbocycles. The van der Waals surface area contributed by atoms with Crippen molar-refractivity contribution in [1.82, 2.24) is 0 Å². The highest BCUT2D eigenvalue weighted by Crippen LogP contribution is 2.65. The molecule has 1 aliphatic carbocycles. The van der Waals surface area contributed by atoms with Gasteiger partial charge >= 0.3 is 35.5 Å². The van der Waals surface area contributed by atoms with Crippen molar-refractivity contribution in [3.63, 3.8) is 0 Å². The molecule has 1 nitrogen and oxygen atoms in total. The second kappa shape index (κ2) is 3.53. The molecular weight excluding hydrogens is 328 g/mol. The van der Waals surface area contributed by atoms with Gasteiger partial charge in [-0.2, -0.15) is 48.3 Å². The Bertz CT molecular complexity index is 447. The van der Waals surface area contributed by atoms with Crippen LogP contribution in [0.1, 0.15) is 0 Å². The molecule has 20 heavy (non-hydrogen) atoms. The van der Waals surface area contributed by atoms with Crippen LogP contribution in [0.5, 0.6) is 0 Å². The molecule has 1 fully saturated rings. The topological polar surface area (TPSA) is 17.1 Å². The van der Waals surface area contributed by atoms with E-state index in [9.17, 15) is 57.5 Å². The summed E-state index contributed by atoms with van der Waals surface area (Å²) in [5, 5.41) is 0. The summed E-state index contributed by atoms with van der Waals surface area (Å²) in [6, 6.07) is 0. The third-order valence-corrected chi connectivity index (χ3v) is 2.60. The first-order valence-electron chi connectivity index (χ1n) is 4.22. The van der Waals surface area contributed by atoms with E-state index in [1.54, 1.807) is 0 Å². The average molecular weight is 328 g/mol. The first kappa shape index (κ1) is 16.9. The van der Waals surface area contributed by atoms with Crippen molar-refractivity contribution in [1.29, 1.82) is 0 Å². The van der Waals surface area contributed by atoms with Crippen molar-refractivity contribution < 1.29 is 57.5 Å². The highest BCUT2D eigenvalue weighted by Gasteiger charge is 2.99. The maximum Gasteiger partial charge on any atom is 0.436 e. The predicted octanol–water partition coefficient (Wildman–Crippen LogP) is 3.38. The minimum atomic E-state index is -7.46. The second-order valence-electron chi connectivity index (χ2n) is 3.78. The van der Waals surface area contributed by atoms with Crippen LogP contribution in [-0.4, -0.2) is 41.3 Å². The van der Waals surface area contributed by atoms with Crippen molar-refractivity contribution in [2.45, 2.75) is 35.5 Å². The summed E-state index contributed by atoms with van der Waals surface area (Å²) < 4.78 is 150. The molecule has 0 spiro atoms. The quantitative estimate of drug-likeness (QED) is 0.623. The number of carbonyl (C=O) groups excluding carboxylic acids is 1. The molecular formula is C7F12O. The third-order valence-electron chi connectivity index (χ3n) is 2.60. The van der Waals surface area contributed by atoms with Gasteiger partial charge in [-0.25, -0.2) is 4.39 Å². The molecule has 0 aromatic rings. The summed E-state index contributed by atoms with van der Waals surface area (Å²) in [6.07, 6.45) is -7.27. The third kappa shape index (κ3) is 1.35. The van der Waals surface area contributed by atoms with Gasteiger partial charge in [0.25, 0.3) is 5.78 Å². The van der Waals surface area contributed by atoms with Crippen LogP contribution in [0.4, 0.5) is 52.7 Å². The summed E-state index contributed by atoms with van der Waals surface area (Å²) in [6.45, 7) is 0. The van der Waals surface area contributed by atoms with Gasteiger partial charge in [0.1, 0.15) is 0 Å². The Morgan fingerprint density at radius 2 is 1.00 bits per heavy atom. The van der Waals surface area contributed by atoms with Gasteiger partial charge in [-0.15, -0.1) is 0 Å². The lowest BCUT2D eigenvalue weighted by molar-refractivity contribution is -0.425. The van der Waals surface area contributed by atoms with Gasteiger partial charge in [-0.05, 0) is 0 Å². The van der Waals surface area contributed by atoms with Crippen LogP contribution in [0.2, 0.25) is 0 Å². The fraction of sp³-hybridized carbons (Fsp3) is 0.857. The summed E-state index contributed by atoms with van der Waals surface area (Å²) in [5.41, 5.74) is -7.16. The fourth-order valence-corrected chi connectivity index (χ4v) is 1.42. The average Bonchev–Trinajstić information content (AvgIpc) is 2.22. The minimum absolute atomic E-state index is 4.68. The maximum absolute atomic E-state index is 13.1. The Hall–Kier alpha value is -1.17. The lowest BCUT2D eigenvalue weighted by atomic mass is 9.74. The van der Waals surface area contributed by atoms with E-state index in [-0.39, 0.29) is 0 Å². The maximum atomic E-state index is 13.1. The van der Waals surface area contributed by atoms with Crippen LogP contribution >= 0.6 is 0 Å². The molecule has 0 heterocycles. The van der Waals surface area contributed by atoms with Gasteiger partial charge in [-0.3, -0.25) is 4.79 Å². The molecule has 1 atom stereocenters. The molecule has 1 aliphatic rings. The Labute approximate surface area is 100 Å². The van der Waals surface area contributed by atoms with Crippen LogP contribution in [-0.2, 0) is 4.79 Å². The Morgan fingerprint density at radius 1 is 0.650 bits per heavy atom. The van der Waals surface area contributed by atoms with E-state index in [2.05, 4.69) is 0 Å². The van der Waals surface area contributed by atoms with Gasteiger partial charge in [0.15, 0.2) is 0 Å². The molecule has 0 N–H and O–H groups in total. The molecule has 0 bridgehead atoms. The number of halogens is 12. The molecule has 0 saturated heterocycles. The number of Topliss-reactive ketones (excluding diaryl/α,β-unsaturated/α-hetero) is 1. The van der Waals surface area contributed by atoms with E-state index in [4.69, 9.17) is 0 Å². The fourth-order valence-electron chi connectivity index (χ4n) is 1.42. The van der Waals surface area contributed by atoms with Crippen LogP contribution < -0.4 is 0 Å². The van der Waals surface area contributed by atoms with Crippen molar-refractivity contribution in [2.75, 3.05) is 0 Å². The zero-order valence-corrected chi connectivity index (χ0v) is 8.44. The van der Waals surface area contributed by atoms with Crippen molar-refractivity contribution >= 4 is 5.78 Å². The number of alkyl halides is 12. The molecule has 118 valence electrons. The SMILES string of the molecule is O=C1C(F)(F)C(F)(F)C(F)(F)C(F)(F)C1(F)C(F)(F)F. The smallest absolute Gasteiger partial charge is 0.288 e. The van der Waals surface area contributed by atoms with E-state index >= 15 is 0 Å². The number of hydrogen-bond acceptors (Lipinski definition) is 1. The molecule has 1 unspecified atom stereocenters. The normalized spacial score (nSPS) is 34.9. The Kier molecular flexibility index (Phi) is 2.98. The molecule has 0 aromatic heterocycles. The van der Waals surface area contributed by atoms with E-state index in [0.29, 0.717) is 0 Å². The van der Waals surface area contributed by atoms with Crippen LogP contribution in [0.3, 0.4) is 0 Å². The zero-order chi connectivity index (χ0) is 16.6. The van der Waals surface area contributed by atoms with Crippen LogP contribution in [0.15, 0.2) is 0 Å². The highest BCUT2D eigenvalue weighted by atomic mass is 19.4. The lowest BCUT2D eigenvalue weighted by Gasteiger charge is -2.47. The van der Waals surface area contributed by atoms with E-state index < -0.39 is 41.3 Å². The number of hydrogen-bond donors (Lipinski definition) is 0. The van der Waals surface area contributed by atoms with Crippen LogP contribution in [0.25, 0.3) is 0 Å². The monoisotopic (exact) mass is 328 g/mol. The molecule has 0 radical (unpaired) electrons. The van der Waals surface area contributed by atoms with Gasteiger partial charge < -0.3 is 0 Å². The zero-order valence-electron chi connectivity index (χ0n) is 8.44. The summed E-state index contributed by atoms with van der Waals surface area (Å²) in [4.78, 5) is 10.4. The summed E-state index contributed by atoms with van der Waals surface area (Å²) in [7, 11) is 0. The Balaban J connectivity index is 3.81. The molecule has 0 aliphatic heterocycles. The van der Waals surface area contributed by atoms with E-state index in [1.165, 1.54) is 0 Å². The van der Waals surface area contributed by atoms with Crippen molar-refractivity contribution in [2.24, 2.45) is 0 Å². The molecule has 1 rings (SSSR count). The highest BCUT2D eigenvalue weighted by molar-refractivity contribution is 5.98. The number of rotatable bonds is 0. The first-order valence-corrected chi connectivity index (χ1v) is 4.22. The van der Waals surface area contributed by atoms with Crippen molar-refractivity contribution in [3.8, 4) is 0 Å². The van der Waals surface area contributed by atoms with Crippen LogP contribution in [0, 0.1) is 0 Å². The predicted molar refractivity (Wildman–Crippen MR) is 34.7 cm³/mol. The largest absolute Gasteiger partial charge is 0.436 e. The van der Waals surface area contributed by atoms with E-state index in [0.717, 1.165) is 0 Å². The Morgan fingerprint density at radius 3 is 1.30 bits per heavy atom. The summed E-state index contributed by atoms with van der Waals surface area (Å²) >= 11 is 0. The first-order chi connectivity index (χ1) is 8.40. The number of ketones is 1. The molecule has 13 heteroatoms. The minimum Gasteiger partial charge on any atom is -0.288 e. The van der Waals surface area contributed by atoms with Gasteiger partial charge in [-0.1, -0.05) is 0 Å². The number of carbonyl (C=O) groups is 1. The van der Waals surface area contributed by atoms with E-state index in [1.807, 2.05) is 0 Å². The van der Waals surface area contributed by atoms with Gasteiger partial charge in [0.2, 0.25) is 0 Å². The summed E-state index contributed by atoms with van der Waals surface area (Å²) in [5.74, 6) is -33.8. The molecule has 0 aromatic carbocycles. The second-order valence-corrected chi connectivity index (χ2v) is 3.78. The lowest BCUT2D eigenvalue weighted by Crippen LogP contribution is -2.82. The standard InChI is InChI=1S/C7F12O/c8-2(7(17,18)19)1(20)3(9,10)5(13,14)6(15,16)4(2,11)12. The van der Waals surface area contributed by atoms with Gasteiger partial charge in [0, 0.05) is 0 Å².